The molecule has 2 heterocycles. The maximum atomic E-state index is 13.0. The van der Waals surface area contributed by atoms with E-state index in [1.807, 2.05) is 31.0 Å². The van der Waals surface area contributed by atoms with Crippen LogP contribution in [0.25, 0.3) is 0 Å². The van der Waals surface area contributed by atoms with Crippen LogP contribution in [-0.2, 0) is 13.5 Å². The van der Waals surface area contributed by atoms with Crippen molar-refractivity contribution < 1.29 is 9.18 Å². The zero-order valence-corrected chi connectivity index (χ0v) is 17.0. The Balaban J connectivity index is 1.58. The topological polar surface area (TPSA) is 41.4 Å². The first-order valence-corrected chi connectivity index (χ1v) is 9.63. The Hall–Kier alpha value is -1.73. The number of carbonyl (C=O) groups is 1. The predicted octanol–water partition coefficient (Wildman–Crippen LogP) is 3.02. The average molecular weight is 423 g/mol. The molecule has 0 aliphatic carbocycles. The summed E-state index contributed by atoms with van der Waals surface area (Å²) in [6.07, 6.45) is 0.879. The fourth-order valence-electron chi connectivity index (χ4n) is 3.30. The highest BCUT2D eigenvalue weighted by molar-refractivity contribution is 9.10. The highest BCUT2D eigenvalue weighted by Gasteiger charge is 2.29. The first kappa shape index (κ1) is 19.0. The fourth-order valence-corrected chi connectivity index (χ4v) is 3.81. The third kappa shape index (κ3) is 3.99. The number of amides is 1. The average Bonchev–Trinajstić information content (AvgIpc) is 2.89. The van der Waals surface area contributed by atoms with E-state index >= 15 is 0 Å². The fraction of sp³-hybridized carbons (Fsp3) is 0.474. The second kappa shape index (κ2) is 7.88. The van der Waals surface area contributed by atoms with Crippen LogP contribution >= 0.6 is 15.9 Å². The lowest BCUT2D eigenvalue weighted by molar-refractivity contribution is 0.0511. The molecule has 0 unspecified atom stereocenters. The van der Waals surface area contributed by atoms with Gasteiger partial charge in [-0.25, -0.2) is 4.39 Å². The molecule has 0 N–H and O–H groups in total. The highest BCUT2D eigenvalue weighted by atomic mass is 79.9. The predicted molar refractivity (Wildman–Crippen MR) is 103 cm³/mol. The molecule has 1 saturated heterocycles. The van der Waals surface area contributed by atoms with Crippen molar-refractivity contribution >= 4 is 21.8 Å². The first-order valence-electron chi connectivity index (χ1n) is 8.83. The first-order chi connectivity index (χ1) is 12.4. The molecule has 0 saturated carbocycles. The van der Waals surface area contributed by atoms with E-state index in [0.29, 0.717) is 18.8 Å². The maximum absolute atomic E-state index is 13.0. The number of aromatic nitrogens is 2. The number of carbonyl (C=O) groups excluding carboxylic acids is 1. The van der Waals surface area contributed by atoms with Crippen LogP contribution in [-0.4, -0.2) is 57.7 Å². The monoisotopic (exact) mass is 422 g/mol. The Morgan fingerprint density at radius 3 is 2.58 bits per heavy atom. The molecule has 5 nitrogen and oxygen atoms in total. The smallest absolute Gasteiger partial charge is 0.275 e. The second-order valence-corrected chi connectivity index (χ2v) is 7.68. The molecule has 3 rings (SSSR count). The zero-order valence-electron chi connectivity index (χ0n) is 15.4. The normalized spacial score (nSPS) is 18.3. The van der Waals surface area contributed by atoms with Gasteiger partial charge in [0.25, 0.3) is 5.91 Å². The van der Waals surface area contributed by atoms with Gasteiger partial charge in [0, 0.05) is 39.3 Å². The van der Waals surface area contributed by atoms with Gasteiger partial charge in [0.2, 0.25) is 0 Å². The minimum Gasteiger partial charge on any atom is -0.334 e. The number of nitrogens with zero attached hydrogens (tertiary/aromatic N) is 4. The summed E-state index contributed by atoms with van der Waals surface area (Å²) in [6, 6.07) is 6.95. The molecule has 1 aromatic heterocycles. The minimum absolute atomic E-state index is 0.0226. The summed E-state index contributed by atoms with van der Waals surface area (Å²) in [5.41, 5.74) is 2.56. The van der Waals surface area contributed by atoms with Crippen LogP contribution in [0.2, 0.25) is 0 Å². The lowest BCUT2D eigenvalue weighted by atomic mass is 10.1. The van der Waals surface area contributed by atoms with Crippen LogP contribution in [0.4, 0.5) is 4.39 Å². The molecule has 1 fully saturated rings. The molecule has 7 heteroatoms. The van der Waals surface area contributed by atoms with Crippen molar-refractivity contribution in [3.8, 4) is 0 Å². The molecule has 1 aromatic carbocycles. The number of piperazine rings is 1. The summed E-state index contributed by atoms with van der Waals surface area (Å²) < 4.78 is 15.5. The molecule has 0 bridgehead atoms. The Labute approximate surface area is 161 Å². The van der Waals surface area contributed by atoms with E-state index in [0.717, 1.165) is 35.2 Å². The van der Waals surface area contributed by atoms with Gasteiger partial charge < -0.3 is 4.90 Å². The summed E-state index contributed by atoms with van der Waals surface area (Å²) in [5.74, 6) is -0.226. The van der Waals surface area contributed by atoms with Crippen LogP contribution < -0.4 is 0 Å². The molecule has 1 amide bonds. The van der Waals surface area contributed by atoms with Crippen molar-refractivity contribution in [2.45, 2.75) is 26.3 Å². The molecular formula is C19H24BrFN4O. The lowest BCUT2D eigenvalue weighted by Crippen LogP contribution is -2.54. The van der Waals surface area contributed by atoms with Gasteiger partial charge in [-0.2, -0.15) is 5.10 Å². The van der Waals surface area contributed by atoms with Crippen LogP contribution in [0.1, 0.15) is 28.7 Å². The molecule has 1 atom stereocenters. The van der Waals surface area contributed by atoms with Gasteiger partial charge >= 0.3 is 0 Å². The SMILES string of the molecule is Cc1c(Br)c(C(=O)N2CCN(CCc3ccc(F)cc3)[C@H](C)C2)nn1C. The number of aryl methyl sites for hydroxylation is 1. The van der Waals surface area contributed by atoms with Gasteiger partial charge in [0.05, 0.1) is 10.2 Å². The van der Waals surface area contributed by atoms with Gasteiger partial charge in [-0.05, 0) is 53.9 Å². The third-order valence-electron chi connectivity index (χ3n) is 5.12. The van der Waals surface area contributed by atoms with Gasteiger partial charge in [0.15, 0.2) is 5.69 Å². The molecule has 0 spiro atoms. The Morgan fingerprint density at radius 2 is 2.00 bits per heavy atom. The number of benzene rings is 1. The van der Waals surface area contributed by atoms with Gasteiger partial charge in [-0.1, -0.05) is 12.1 Å². The van der Waals surface area contributed by atoms with Crippen LogP contribution in [0.5, 0.6) is 0 Å². The van der Waals surface area contributed by atoms with E-state index in [9.17, 15) is 9.18 Å². The highest BCUT2D eigenvalue weighted by Crippen LogP contribution is 2.23. The molecular weight excluding hydrogens is 399 g/mol. The standard InChI is InChI=1S/C19H24BrFN4O/c1-13-12-25(19(26)18-17(20)14(2)23(3)22-18)11-10-24(13)9-8-15-4-6-16(21)7-5-15/h4-7,13H,8-12H2,1-3H3/t13-/m1/s1. The largest absolute Gasteiger partial charge is 0.334 e. The quantitative estimate of drug-likeness (QED) is 0.760. The molecule has 1 aliphatic heterocycles. The summed E-state index contributed by atoms with van der Waals surface area (Å²) in [6.45, 7) is 7.18. The molecule has 2 aromatic rings. The summed E-state index contributed by atoms with van der Waals surface area (Å²) >= 11 is 3.48. The lowest BCUT2D eigenvalue weighted by Gasteiger charge is -2.39. The molecule has 0 radical (unpaired) electrons. The molecule has 26 heavy (non-hydrogen) atoms. The summed E-state index contributed by atoms with van der Waals surface area (Å²) in [7, 11) is 1.84. The molecule has 140 valence electrons. The number of hydrogen-bond acceptors (Lipinski definition) is 3. The van der Waals surface area contributed by atoms with Gasteiger partial charge in [-0.15, -0.1) is 0 Å². The second-order valence-electron chi connectivity index (χ2n) is 6.88. The van der Waals surface area contributed by atoms with Crippen molar-refractivity contribution in [1.82, 2.24) is 19.6 Å². The summed E-state index contributed by atoms with van der Waals surface area (Å²) in [4.78, 5) is 17.1. The van der Waals surface area contributed by atoms with Crippen LogP contribution in [0.15, 0.2) is 28.7 Å². The Morgan fingerprint density at radius 1 is 1.31 bits per heavy atom. The van der Waals surface area contributed by atoms with E-state index in [4.69, 9.17) is 0 Å². The third-order valence-corrected chi connectivity index (χ3v) is 6.07. The van der Waals surface area contributed by atoms with E-state index in [1.165, 1.54) is 12.1 Å². The maximum Gasteiger partial charge on any atom is 0.275 e. The van der Waals surface area contributed by atoms with Gasteiger partial charge in [0.1, 0.15) is 5.82 Å². The molecule has 1 aliphatic rings. The van der Waals surface area contributed by atoms with E-state index in [2.05, 4.69) is 32.9 Å². The van der Waals surface area contributed by atoms with Crippen LogP contribution in [0.3, 0.4) is 0 Å². The van der Waals surface area contributed by atoms with Crippen molar-refractivity contribution in [2.75, 3.05) is 26.2 Å². The number of halogens is 2. The van der Waals surface area contributed by atoms with E-state index in [1.54, 1.807) is 4.68 Å². The van der Waals surface area contributed by atoms with E-state index < -0.39 is 0 Å². The summed E-state index contributed by atoms with van der Waals surface area (Å²) in [5, 5.41) is 4.35. The Bertz CT molecular complexity index is 790. The zero-order chi connectivity index (χ0) is 18.8. The van der Waals surface area contributed by atoms with Crippen molar-refractivity contribution in [3.63, 3.8) is 0 Å². The van der Waals surface area contributed by atoms with Crippen LogP contribution in [0, 0.1) is 12.7 Å². The van der Waals surface area contributed by atoms with Gasteiger partial charge in [-0.3, -0.25) is 14.4 Å². The Kier molecular flexibility index (Phi) is 5.77. The number of hydrogen-bond donors (Lipinski definition) is 0. The minimum atomic E-state index is -0.204. The van der Waals surface area contributed by atoms with Crippen molar-refractivity contribution in [2.24, 2.45) is 7.05 Å². The van der Waals surface area contributed by atoms with Crippen molar-refractivity contribution in [3.05, 3.63) is 51.5 Å². The number of rotatable bonds is 4. The van der Waals surface area contributed by atoms with Crippen molar-refractivity contribution in [1.29, 1.82) is 0 Å². The van der Waals surface area contributed by atoms with E-state index in [-0.39, 0.29) is 17.8 Å².